The third kappa shape index (κ3) is 2.87. The van der Waals surface area contributed by atoms with Gasteiger partial charge in [0.15, 0.2) is 0 Å². The van der Waals surface area contributed by atoms with Crippen molar-refractivity contribution in [2.24, 2.45) is 0 Å². The predicted molar refractivity (Wildman–Crippen MR) is 64.4 cm³/mol. The molecule has 0 aromatic heterocycles. The lowest BCUT2D eigenvalue weighted by Gasteiger charge is -2.37. The van der Waals surface area contributed by atoms with Gasteiger partial charge in [0.05, 0.1) is 18.8 Å². The number of aliphatic hydroxyl groups is 1. The van der Waals surface area contributed by atoms with Gasteiger partial charge in [0.2, 0.25) is 0 Å². The van der Waals surface area contributed by atoms with Crippen molar-refractivity contribution in [1.29, 1.82) is 0 Å². The van der Waals surface area contributed by atoms with Crippen molar-refractivity contribution in [3.63, 3.8) is 0 Å². The standard InChI is InChI=1S/C12H17FN2O2/c1-8-5-15(6-12(7-16)17-8)11-3-9(13)2-10(14)4-11/h2-4,8,12,16H,5-7,14H2,1H3. The van der Waals surface area contributed by atoms with Crippen molar-refractivity contribution < 1.29 is 14.2 Å². The number of aliphatic hydroxyl groups excluding tert-OH is 1. The van der Waals surface area contributed by atoms with E-state index in [4.69, 9.17) is 15.6 Å². The Labute approximate surface area is 99.8 Å². The Balaban J connectivity index is 2.20. The van der Waals surface area contributed by atoms with Crippen LogP contribution in [-0.4, -0.2) is 37.0 Å². The summed E-state index contributed by atoms with van der Waals surface area (Å²) in [5, 5.41) is 9.13. The van der Waals surface area contributed by atoms with Crippen LogP contribution in [0.25, 0.3) is 0 Å². The second kappa shape index (κ2) is 4.89. The zero-order valence-corrected chi connectivity index (χ0v) is 9.77. The number of halogens is 1. The van der Waals surface area contributed by atoms with E-state index < -0.39 is 0 Å². The van der Waals surface area contributed by atoms with Crippen LogP contribution < -0.4 is 10.6 Å². The van der Waals surface area contributed by atoms with Gasteiger partial charge < -0.3 is 20.5 Å². The van der Waals surface area contributed by atoms with Crippen LogP contribution in [0, 0.1) is 5.82 Å². The van der Waals surface area contributed by atoms with Crippen molar-refractivity contribution >= 4 is 11.4 Å². The number of nitrogens with two attached hydrogens (primary N) is 1. The highest BCUT2D eigenvalue weighted by atomic mass is 19.1. The average Bonchev–Trinajstić information content (AvgIpc) is 2.26. The molecule has 0 aliphatic carbocycles. The quantitative estimate of drug-likeness (QED) is 0.757. The molecule has 0 bridgehead atoms. The summed E-state index contributed by atoms with van der Waals surface area (Å²) in [5.74, 6) is -0.348. The van der Waals surface area contributed by atoms with Gasteiger partial charge in [-0.1, -0.05) is 0 Å². The smallest absolute Gasteiger partial charge is 0.127 e. The normalized spacial score (nSPS) is 25.0. The van der Waals surface area contributed by atoms with E-state index in [9.17, 15) is 4.39 Å². The lowest BCUT2D eigenvalue weighted by atomic mass is 10.2. The number of ether oxygens (including phenoxy) is 1. The van der Waals surface area contributed by atoms with Gasteiger partial charge in [-0.3, -0.25) is 0 Å². The third-order valence-electron chi connectivity index (χ3n) is 2.80. The molecule has 1 heterocycles. The molecule has 1 aromatic rings. The van der Waals surface area contributed by atoms with Gasteiger partial charge >= 0.3 is 0 Å². The second-order valence-corrected chi connectivity index (χ2v) is 4.40. The largest absolute Gasteiger partial charge is 0.399 e. The van der Waals surface area contributed by atoms with Crippen LogP contribution in [0.2, 0.25) is 0 Å². The van der Waals surface area contributed by atoms with Crippen LogP contribution in [0.5, 0.6) is 0 Å². The maximum absolute atomic E-state index is 13.3. The van der Waals surface area contributed by atoms with Crippen molar-refractivity contribution in [2.75, 3.05) is 30.3 Å². The fraction of sp³-hybridized carbons (Fsp3) is 0.500. The first kappa shape index (κ1) is 12.1. The molecule has 3 N–H and O–H groups in total. The Morgan fingerprint density at radius 1 is 1.47 bits per heavy atom. The number of hydrogen-bond acceptors (Lipinski definition) is 4. The van der Waals surface area contributed by atoms with E-state index in [1.165, 1.54) is 12.1 Å². The van der Waals surface area contributed by atoms with E-state index >= 15 is 0 Å². The number of nitrogens with zero attached hydrogens (tertiary/aromatic N) is 1. The lowest BCUT2D eigenvalue weighted by Crippen LogP contribution is -2.48. The van der Waals surface area contributed by atoms with Crippen molar-refractivity contribution in [2.45, 2.75) is 19.1 Å². The molecule has 1 aliphatic heterocycles. The highest BCUT2D eigenvalue weighted by Gasteiger charge is 2.25. The van der Waals surface area contributed by atoms with Gasteiger partial charge in [0, 0.05) is 24.5 Å². The molecule has 1 saturated heterocycles. The monoisotopic (exact) mass is 240 g/mol. The van der Waals surface area contributed by atoms with Crippen LogP contribution in [0.4, 0.5) is 15.8 Å². The van der Waals surface area contributed by atoms with E-state index in [1.807, 2.05) is 11.8 Å². The number of nitrogen functional groups attached to an aromatic ring is 1. The van der Waals surface area contributed by atoms with Crippen molar-refractivity contribution in [1.82, 2.24) is 0 Å². The van der Waals surface area contributed by atoms with Gasteiger partial charge in [-0.15, -0.1) is 0 Å². The number of benzene rings is 1. The summed E-state index contributed by atoms with van der Waals surface area (Å²) in [5.41, 5.74) is 6.76. The van der Waals surface area contributed by atoms with Gasteiger partial charge in [0.1, 0.15) is 5.82 Å². The van der Waals surface area contributed by atoms with Gasteiger partial charge in [-0.25, -0.2) is 4.39 Å². The zero-order chi connectivity index (χ0) is 12.4. The molecule has 2 unspecified atom stereocenters. The molecule has 0 amide bonds. The average molecular weight is 240 g/mol. The SMILES string of the molecule is CC1CN(c2cc(N)cc(F)c2)CC(CO)O1. The molecule has 94 valence electrons. The summed E-state index contributed by atoms with van der Waals surface area (Å²) in [6, 6.07) is 4.47. The number of morpholine rings is 1. The van der Waals surface area contributed by atoms with Crippen LogP contribution in [0.3, 0.4) is 0 Å². The molecule has 17 heavy (non-hydrogen) atoms. The molecule has 0 radical (unpaired) electrons. The summed E-state index contributed by atoms with van der Waals surface area (Å²) in [4.78, 5) is 1.98. The summed E-state index contributed by atoms with van der Waals surface area (Å²) >= 11 is 0. The van der Waals surface area contributed by atoms with E-state index in [-0.39, 0.29) is 24.6 Å². The van der Waals surface area contributed by atoms with E-state index in [1.54, 1.807) is 6.07 Å². The fourth-order valence-corrected chi connectivity index (χ4v) is 2.14. The molecule has 2 rings (SSSR count). The summed E-state index contributed by atoms with van der Waals surface area (Å²) in [6.45, 7) is 3.10. The molecule has 5 heteroatoms. The molecule has 4 nitrogen and oxygen atoms in total. The fourth-order valence-electron chi connectivity index (χ4n) is 2.14. The van der Waals surface area contributed by atoms with E-state index in [2.05, 4.69) is 0 Å². The Morgan fingerprint density at radius 2 is 2.24 bits per heavy atom. The number of hydrogen-bond donors (Lipinski definition) is 2. The molecular formula is C12H17FN2O2. The zero-order valence-electron chi connectivity index (χ0n) is 9.77. The Bertz CT molecular complexity index is 380. The minimum atomic E-state index is -0.348. The van der Waals surface area contributed by atoms with Crippen molar-refractivity contribution in [3.05, 3.63) is 24.0 Å². The van der Waals surface area contributed by atoms with Crippen LogP contribution in [-0.2, 0) is 4.74 Å². The van der Waals surface area contributed by atoms with Gasteiger partial charge in [0.25, 0.3) is 0 Å². The molecule has 0 saturated carbocycles. The molecule has 0 spiro atoms. The number of anilines is 2. The third-order valence-corrected chi connectivity index (χ3v) is 2.80. The predicted octanol–water partition coefficient (Wildman–Crippen LogP) is 0.994. The minimum absolute atomic E-state index is 0.00499. The highest BCUT2D eigenvalue weighted by molar-refractivity contribution is 5.56. The topological polar surface area (TPSA) is 58.7 Å². The Hall–Kier alpha value is -1.33. The highest BCUT2D eigenvalue weighted by Crippen LogP contribution is 2.23. The minimum Gasteiger partial charge on any atom is -0.399 e. The summed E-state index contributed by atoms with van der Waals surface area (Å²) in [7, 11) is 0. The molecule has 1 aromatic carbocycles. The Morgan fingerprint density at radius 3 is 2.88 bits per heavy atom. The van der Waals surface area contributed by atoms with Crippen molar-refractivity contribution in [3.8, 4) is 0 Å². The first-order valence-corrected chi connectivity index (χ1v) is 5.66. The maximum atomic E-state index is 13.3. The molecule has 1 fully saturated rings. The molecule has 2 atom stereocenters. The molecular weight excluding hydrogens is 223 g/mol. The maximum Gasteiger partial charge on any atom is 0.127 e. The first-order valence-electron chi connectivity index (χ1n) is 5.66. The lowest BCUT2D eigenvalue weighted by molar-refractivity contribution is -0.0421. The molecule has 1 aliphatic rings. The van der Waals surface area contributed by atoms with Crippen LogP contribution in [0.1, 0.15) is 6.92 Å². The van der Waals surface area contributed by atoms with E-state index in [0.29, 0.717) is 18.8 Å². The van der Waals surface area contributed by atoms with Crippen LogP contribution >= 0.6 is 0 Å². The first-order chi connectivity index (χ1) is 8.08. The Kier molecular flexibility index (Phi) is 3.49. The summed E-state index contributed by atoms with van der Waals surface area (Å²) < 4.78 is 18.8. The van der Waals surface area contributed by atoms with Gasteiger partial charge in [-0.05, 0) is 25.1 Å². The van der Waals surface area contributed by atoms with Crippen LogP contribution in [0.15, 0.2) is 18.2 Å². The van der Waals surface area contributed by atoms with Gasteiger partial charge in [-0.2, -0.15) is 0 Å². The van der Waals surface area contributed by atoms with E-state index in [0.717, 1.165) is 5.69 Å². The summed E-state index contributed by atoms with van der Waals surface area (Å²) in [6.07, 6.45) is -0.228. The number of rotatable bonds is 2. The second-order valence-electron chi connectivity index (χ2n) is 4.40.